The highest BCUT2D eigenvalue weighted by atomic mass is 35.5. The first-order chi connectivity index (χ1) is 18.5. The second-order valence-electron chi connectivity index (χ2n) is 8.05. The molecule has 4 aromatic rings. The van der Waals surface area contributed by atoms with E-state index in [4.69, 9.17) is 21.1 Å². The van der Waals surface area contributed by atoms with Crippen molar-refractivity contribution in [1.82, 2.24) is 0 Å². The lowest BCUT2D eigenvalue weighted by Gasteiger charge is -2.13. The number of sulfonamides is 1. The van der Waals surface area contributed by atoms with Gasteiger partial charge in [-0.2, -0.15) is 13.2 Å². The quantitative estimate of drug-likeness (QED) is 0.224. The highest BCUT2D eigenvalue weighted by molar-refractivity contribution is 7.92. The van der Waals surface area contributed by atoms with Crippen molar-refractivity contribution >= 4 is 38.9 Å². The Morgan fingerprint density at radius 1 is 0.846 bits per heavy atom. The van der Waals surface area contributed by atoms with Crippen molar-refractivity contribution in [2.45, 2.75) is 11.1 Å². The van der Waals surface area contributed by atoms with Gasteiger partial charge < -0.3 is 14.8 Å². The van der Waals surface area contributed by atoms with Crippen LogP contribution in [0.4, 0.5) is 24.5 Å². The van der Waals surface area contributed by atoms with Crippen molar-refractivity contribution < 1.29 is 35.9 Å². The highest BCUT2D eigenvalue weighted by Gasteiger charge is 2.30. The molecule has 4 aromatic carbocycles. The van der Waals surface area contributed by atoms with Crippen LogP contribution in [-0.2, 0) is 21.0 Å². The monoisotopic (exact) mass is 576 g/mol. The van der Waals surface area contributed by atoms with Crippen LogP contribution in [0.15, 0.2) is 102 Å². The van der Waals surface area contributed by atoms with E-state index >= 15 is 0 Å². The fourth-order valence-corrected chi connectivity index (χ4v) is 4.55. The Morgan fingerprint density at radius 3 is 2.26 bits per heavy atom. The van der Waals surface area contributed by atoms with E-state index in [1.165, 1.54) is 36.4 Å². The molecule has 0 atom stereocenters. The van der Waals surface area contributed by atoms with Gasteiger partial charge in [-0.3, -0.25) is 9.52 Å². The second kappa shape index (κ2) is 11.7. The maximum Gasteiger partial charge on any atom is 0.416 e. The SMILES string of the molecule is O=C(COc1ccc(S(=O)(=O)Nc2cccc(C(F)(F)F)c2)cc1)Nc1cc(Cl)ccc1Oc1ccccc1. The molecule has 2 N–H and O–H groups in total. The minimum absolute atomic E-state index is 0.190. The summed E-state index contributed by atoms with van der Waals surface area (Å²) in [6.07, 6.45) is -4.62. The van der Waals surface area contributed by atoms with Crippen molar-refractivity contribution in [2.24, 2.45) is 0 Å². The molecular formula is C27H20ClF3N2O5S. The maximum atomic E-state index is 12.9. The molecule has 0 bridgehead atoms. The summed E-state index contributed by atoms with van der Waals surface area (Å²) in [5.74, 6) is 0.582. The molecule has 0 spiro atoms. The van der Waals surface area contributed by atoms with Gasteiger partial charge >= 0.3 is 6.18 Å². The molecule has 7 nitrogen and oxygen atoms in total. The van der Waals surface area contributed by atoms with Crippen LogP contribution >= 0.6 is 11.6 Å². The van der Waals surface area contributed by atoms with Crippen LogP contribution in [-0.4, -0.2) is 20.9 Å². The summed E-state index contributed by atoms with van der Waals surface area (Å²) in [5.41, 5.74) is -0.901. The predicted molar refractivity (Wildman–Crippen MR) is 141 cm³/mol. The number of carbonyl (C=O) groups is 1. The van der Waals surface area contributed by atoms with Crippen LogP contribution in [0.3, 0.4) is 0 Å². The average Bonchev–Trinajstić information content (AvgIpc) is 2.89. The number of carbonyl (C=O) groups excluding carboxylic acids is 1. The Morgan fingerprint density at radius 2 is 1.56 bits per heavy atom. The van der Waals surface area contributed by atoms with E-state index in [9.17, 15) is 26.4 Å². The van der Waals surface area contributed by atoms with Crippen molar-refractivity contribution in [3.8, 4) is 17.2 Å². The number of rotatable bonds is 9. The zero-order valence-corrected chi connectivity index (χ0v) is 21.5. The van der Waals surface area contributed by atoms with Crippen molar-refractivity contribution in [3.63, 3.8) is 0 Å². The third kappa shape index (κ3) is 7.65. The van der Waals surface area contributed by atoms with E-state index in [-0.39, 0.29) is 16.3 Å². The first-order valence-corrected chi connectivity index (χ1v) is 13.1. The van der Waals surface area contributed by atoms with Gasteiger partial charge in [-0.15, -0.1) is 0 Å². The Kier molecular flexibility index (Phi) is 8.32. The van der Waals surface area contributed by atoms with E-state index in [0.717, 1.165) is 12.1 Å². The molecule has 12 heteroatoms. The number of hydrogen-bond acceptors (Lipinski definition) is 5. The Balaban J connectivity index is 1.37. The van der Waals surface area contributed by atoms with Gasteiger partial charge in [0.25, 0.3) is 15.9 Å². The van der Waals surface area contributed by atoms with Crippen LogP contribution < -0.4 is 19.5 Å². The largest absolute Gasteiger partial charge is 0.484 e. The Hall–Kier alpha value is -4.22. The van der Waals surface area contributed by atoms with Crippen molar-refractivity contribution in [2.75, 3.05) is 16.6 Å². The van der Waals surface area contributed by atoms with Crippen LogP contribution in [0.2, 0.25) is 5.02 Å². The standard InChI is InChI=1S/C27H20ClF3N2O5S/c28-19-9-14-25(38-22-7-2-1-3-8-22)24(16-19)32-26(34)17-37-21-10-12-23(13-11-21)39(35,36)33-20-6-4-5-18(15-20)27(29,30)31/h1-16,33H,17H2,(H,32,34). The van der Waals surface area contributed by atoms with Gasteiger partial charge in [0.15, 0.2) is 12.4 Å². The van der Waals surface area contributed by atoms with E-state index in [2.05, 4.69) is 10.0 Å². The summed E-state index contributed by atoms with van der Waals surface area (Å²) in [4.78, 5) is 12.3. The predicted octanol–water partition coefficient (Wildman–Crippen LogP) is 6.97. The Labute approximate surface area is 227 Å². The zero-order valence-electron chi connectivity index (χ0n) is 19.9. The number of hydrogen-bond donors (Lipinski definition) is 2. The lowest BCUT2D eigenvalue weighted by molar-refractivity contribution is -0.137. The number of ether oxygens (including phenoxy) is 2. The molecule has 4 rings (SSSR count). The van der Waals surface area contributed by atoms with Crippen molar-refractivity contribution in [3.05, 3.63) is 108 Å². The lowest BCUT2D eigenvalue weighted by atomic mass is 10.2. The van der Waals surface area contributed by atoms with E-state index in [1.54, 1.807) is 36.4 Å². The van der Waals surface area contributed by atoms with Crippen molar-refractivity contribution in [1.29, 1.82) is 0 Å². The molecule has 202 valence electrons. The average molecular weight is 577 g/mol. The summed E-state index contributed by atoms with van der Waals surface area (Å²) in [6, 6.07) is 22.6. The van der Waals surface area contributed by atoms with E-state index < -0.39 is 34.3 Å². The van der Waals surface area contributed by atoms with Gasteiger partial charge in [0, 0.05) is 10.7 Å². The van der Waals surface area contributed by atoms with Gasteiger partial charge in [0.1, 0.15) is 11.5 Å². The number of anilines is 2. The number of nitrogens with one attached hydrogen (secondary N) is 2. The van der Waals surface area contributed by atoms with Crippen LogP contribution in [0.1, 0.15) is 5.56 Å². The first kappa shape index (κ1) is 27.8. The molecule has 0 saturated heterocycles. The normalized spacial score (nSPS) is 11.5. The summed E-state index contributed by atoms with van der Waals surface area (Å²) in [5, 5.41) is 3.04. The summed E-state index contributed by atoms with van der Waals surface area (Å²) in [7, 11) is -4.18. The summed E-state index contributed by atoms with van der Waals surface area (Å²) >= 11 is 6.06. The molecule has 39 heavy (non-hydrogen) atoms. The maximum absolute atomic E-state index is 12.9. The fraction of sp³-hybridized carbons (Fsp3) is 0.0741. The van der Waals surface area contributed by atoms with Gasteiger partial charge in [-0.25, -0.2) is 8.42 Å². The topological polar surface area (TPSA) is 93.7 Å². The molecule has 0 fully saturated rings. The highest BCUT2D eigenvalue weighted by Crippen LogP contribution is 2.33. The second-order valence-corrected chi connectivity index (χ2v) is 10.2. The first-order valence-electron chi connectivity index (χ1n) is 11.2. The third-order valence-corrected chi connectivity index (χ3v) is 6.77. The Bertz CT molecular complexity index is 1560. The van der Waals surface area contributed by atoms with E-state index in [1.807, 2.05) is 6.07 Å². The zero-order chi connectivity index (χ0) is 28.0. The van der Waals surface area contributed by atoms with Crippen LogP contribution in [0.25, 0.3) is 0 Å². The smallest absolute Gasteiger partial charge is 0.416 e. The molecule has 0 unspecified atom stereocenters. The minimum Gasteiger partial charge on any atom is -0.484 e. The molecule has 0 radical (unpaired) electrons. The molecule has 0 aliphatic rings. The molecule has 0 aliphatic heterocycles. The molecular weight excluding hydrogens is 557 g/mol. The minimum atomic E-state index is -4.62. The number of amides is 1. The van der Waals surface area contributed by atoms with E-state index in [0.29, 0.717) is 28.3 Å². The van der Waals surface area contributed by atoms with Gasteiger partial charge in [-0.1, -0.05) is 35.9 Å². The molecule has 1 amide bonds. The number of alkyl halides is 3. The molecule has 0 saturated carbocycles. The number of benzene rings is 4. The molecule has 0 heterocycles. The third-order valence-electron chi connectivity index (χ3n) is 5.13. The van der Waals surface area contributed by atoms with Gasteiger partial charge in [-0.05, 0) is 72.8 Å². The van der Waals surface area contributed by atoms with Crippen LogP contribution in [0.5, 0.6) is 17.2 Å². The number of halogens is 4. The van der Waals surface area contributed by atoms with Gasteiger partial charge in [0.2, 0.25) is 0 Å². The lowest BCUT2D eigenvalue weighted by Crippen LogP contribution is -2.20. The van der Waals surface area contributed by atoms with Gasteiger partial charge in [0.05, 0.1) is 16.1 Å². The van der Waals surface area contributed by atoms with Crippen LogP contribution in [0, 0.1) is 0 Å². The molecule has 0 aliphatic carbocycles. The number of para-hydroxylation sites is 1. The summed E-state index contributed by atoms with van der Waals surface area (Å²) in [6.45, 7) is -0.411. The molecule has 0 aromatic heterocycles. The summed E-state index contributed by atoms with van der Waals surface area (Å²) < 4.78 is 77.3. The fourth-order valence-electron chi connectivity index (χ4n) is 3.33.